The number of hydrogen-bond acceptors (Lipinski definition) is 2. The molecule has 33 heavy (non-hydrogen) atoms. The van der Waals surface area contributed by atoms with Crippen LogP contribution in [0.5, 0.6) is 0 Å². The molecule has 2 aliphatic heterocycles. The quantitative estimate of drug-likeness (QED) is 0.492. The van der Waals surface area contributed by atoms with Crippen LogP contribution >= 0.6 is 11.6 Å². The van der Waals surface area contributed by atoms with E-state index in [0.29, 0.717) is 29.2 Å². The molecule has 6 heteroatoms. The number of benzene rings is 3. The van der Waals surface area contributed by atoms with Gasteiger partial charge in [-0.1, -0.05) is 49.2 Å². The minimum Gasteiger partial charge on any atom is -0.306 e. The average Bonchev–Trinajstić information content (AvgIpc) is 3.33. The Balaban J connectivity index is 1.72. The summed E-state index contributed by atoms with van der Waals surface area (Å²) in [5.74, 6) is -0.729. The van der Waals surface area contributed by atoms with E-state index < -0.39 is 11.5 Å². The number of carbonyl (C=O) groups excluding carboxylic acids is 2. The number of unbranched alkanes of at least 4 members (excludes halogenated alkanes) is 1. The summed E-state index contributed by atoms with van der Waals surface area (Å²) < 4.78 is 13.5. The Hall–Kier alpha value is -3.18. The van der Waals surface area contributed by atoms with Gasteiger partial charge in [0.05, 0.1) is 0 Å². The first-order chi connectivity index (χ1) is 16.0. The van der Waals surface area contributed by atoms with Crippen LogP contribution in [0.25, 0.3) is 0 Å². The van der Waals surface area contributed by atoms with Crippen molar-refractivity contribution in [3.8, 4) is 0 Å². The lowest BCUT2D eigenvalue weighted by molar-refractivity contribution is 0.0375. The second-order valence-electron chi connectivity index (χ2n) is 8.58. The number of rotatable bonds is 5. The summed E-state index contributed by atoms with van der Waals surface area (Å²) in [4.78, 5) is 30.8. The SMILES string of the molecule is CCCCc1ccc2c(c1)C1(c3ccc(Cl)cc3)N(C(=O)c3ccc(F)cc3)CCN1C2=O. The van der Waals surface area contributed by atoms with Crippen LogP contribution in [-0.2, 0) is 12.1 Å². The van der Waals surface area contributed by atoms with E-state index in [-0.39, 0.29) is 11.8 Å². The number of aryl methyl sites for hydroxylation is 1. The normalized spacial score (nSPS) is 19.1. The predicted molar refractivity (Wildman–Crippen MR) is 126 cm³/mol. The standard InChI is InChI=1S/C27H24ClFN2O2/c1-2-3-4-18-5-14-23-24(17-18)27(20-8-10-21(28)11-9-20)30(15-16-31(27)26(23)33)25(32)19-6-12-22(29)13-7-19/h5-14,17H,2-4,15-16H2,1H3. The van der Waals surface area contributed by atoms with Crippen LogP contribution in [0.1, 0.15) is 57.2 Å². The Kier molecular flexibility index (Phi) is 5.45. The molecular formula is C27H24ClFN2O2. The second kappa shape index (κ2) is 8.31. The molecule has 4 nitrogen and oxygen atoms in total. The van der Waals surface area contributed by atoms with Crippen LogP contribution in [0.3, 0.4) is 0 Å². The maximum Gasteiger partial charge on any atom is 0.256 e. The topological polar surface area (TPSA) is 40.6 Å². The Morgan fingerprint density at radius 1 is 1.03 bits per heavy atom. The largest absolute Gasteiger partial charge is 0.306 e. The summed E-state index contributed by atoms with van der Waals surface area (Å²) in [7, 11) is 0. The van der Waals surface area contributed by atoms with Gasteiger partial charge in [0, 0.05) is 40.4 Å². The third-order valence-corrected chi connectivity index (χ3v) is 6.92. The highest BCUT2D eigenvalue weighted by molar-refractivity contribution is 6.30. The van der Waals surface area contributed by atoms with E-state index in [1.54, 1.807) is 21.9 Å². The minimum atomic E-state index is -1.06. The van der Waals surface area contributed by atoms with Crippen molar-refractivity contribution >= 4 is 23.4 Å². The summed E-state index contributed by atoms with van der Waals surface area (Å²) in [6.45, 7) is 2.93. The molecule has 1 atom stereocenters. The van der Waals surface area contributed by atoms with Crippen LogP contribution in [0, 0.1) is 5.82 Å². The van der Waals surface area contributed by atoms with Crippen LogP contribution in [0.2, 0.25) is 5.02 Å². The maximum absolute atomic E-state index is 13.8. The molecule has 2 heterocycles. The predicted octanol–water partition coefficient (Wildman–Crippen LogP) is 5.63. The van der Waals surface area contributed by atoms with Gasteiger partial charge in [0.1, 0.15) is 5.82 Å². The molecule has 168 valence electrons. The van der Waals surface area contributed by atoms with Crippen LogP contribution in [0.4, 0.5) is 4.39 Å². The molecule has 0 radical (unpaired) electrons. The van der Waals surface area contributed by atoms with Gasteiger partial charge < -0.3 is 9.80 Å². The third-order valence-electron chi connectivity index (χ3n) is 6.67. The smallest absolute Gasteiger partial charge is 0.256 e. The second-order valence-corrected chi connectivity index (χ2v) is 9.02. The van der Waals surface area contributed by atoms with E-state index in [1.807, 2.05) is 24.3 Å². The van der Waals surface area contributed by atoms with Crippen molar-refractivity contribution in [2.45, 2.75) is 31.8 Å². The molecule has 0 spiro atoms. The highest BCUT2D eigenvalue weighted by atomic mass is 35.5. The van der Waals surface area contributed by atoms with Gasteiger partial charge in [0.15, 0.2) is 5.66 Å². The fourth-order valence-corrected chi connectivity index (χ4v) is 5.23. The first-order valence-corrected chi connectivity index (χ1v) is 11.6. The van der Waals surface area contributed by atoms with Crippen molar-refractivity contribution in [3.05, 3.63) is 105 Å². The average molecular weight is 463 g/mol. The number of nitrogens with zero attached hydrogens (tertiary/aromatic N) is 2. The summed E-state index contributed by atoms with van der Waals surface area (Å²) in [5, 5.41) is 0.581. The Morgan fingerprint density at radius 3 is 2.45 bits per heavy atom. The first-order valence-electron chi connectivity index (χ1n) is 11.3. The van der Waals surface area contributed by atoms with Crippen molar-refractivity contribution in [1.29, 1.82) is 0 Å². The minimum absolute atomic E-state index is 0.0867. The van der Waals surface area contributed by atoms with Crippen molar-refractivity contribution < 1.29 is 14.0 Å². The number of hydrogen-bond donors (Lipinski definition) is 0. The van der Waals surface area contributed by atoms with E-state index in [2.05, 4.69) is 13.0 Å². The zero-order valence-corrected chi connectivity index (χ0v) is 19.1. The Bertz CT molecular complexity index is 1230. The van der Waals surface area contributed by atoms with E-state index in [9.17, 15) is 14.0 Å². The van der Waals surface area contributed by atoms with E-state index in [1.165, 1.54) is 24.3 Å². The molecule has 1 fully saturated rings. The van der Waals surface area contributed by atoms with Gasteiger partial charge in [-0.05, 0) is 60.9 Å². The van der Waals surface area contributed by atoms with E-state index in [0.717, 1.165) is 36.0 Å². The number of fused-ring (bicyclic) bond motifs is 3. The van der Waals surface area contributed by atoms with Gasteiger partial charge in [-0.2, -0.15) is 0 Å². The van der Waals surface area contributed by atoms with Crippen LogP contribution in [0.15, 0.2) is 66.7 Å². The fourth-order valence-electron chi connectivity index (χ4n) is 5.10. The molecule has 2 aliphatic rings. The third kappa shape index (κ3) is 3.34. The number of halogens is 2. The van der Waals surface area contributed by atoms with Gasteiger partial charge in [0.25, 0.3) is 11.8 Å². The molecular weight excluding hydrogens is 439 g/mol. The lowest BCUT2D eigenvalue weighted by atomic mass is 9.87. The highest BCUT2D eigenvalue weighted by Gasteiger charge is 2.59. The monoisotopic (exact) mass is 462 g/mol. The van der Waals surface area contributed by atoms with Crippen molar-refractivity contribution in [2.75, 3.05) is 13.1 Å². The summed E-state index contributed by atoms with van der Waals surface area (Å²) in [5.41, 5.74) is 2.69. The van der Waals surface area contributed by atoms with E-state index in [4.69, 9.17) is 11.6 Å². The number of amides is 2. The molecule has 0 aliphatic carbocycles. The van der Waals surface area contributed by atoms with E-state index >= 15 is 0 Å². The van der Waals surface area contributed by atoms with Crippen molar-refractivity contribution in [1.82, 2.24) is 9.80 Å². The molecule has 3 aromatic carbocycles. The molecule has 0 aromatic heterocycles. The van der Waals surface area contributed by atoms with Gasteiger partial charge in [0.2, 0.25) is 0 Å². The first kappa shape index (κ1) is 21.7. The molecule has 1 unspecified atom stereocenters. The van der Waals surface area contributed by atoms with Crippen LogP contribution < -0.4 is 0 Å². The molecule has 5 rings (SSSR count). The van der Waals surface area contributed by atoms with Crippen molar-refractivity contribution in [3.63, 3.8) is 0 Å². The molecule has 0 N–H and O–H groups in total. The maximum atomic E-state index is 13.8. The number of carbonyl (C=O) groups is 2. The summed E-state index contributed by atoms with van der Waals surface area (Å²) >= 11 is 6.18. The molecule has 1 saturated heterocycles. The molecule has 0 saturated carbocycles. The lowest BCUT2D eigenvalue weighted by Crippen LogP contribution is -2.51. The Labute approximate surface area is 197 Å². The van der Waals surface area contributed by atoms with Gasteiger partial charge in [-0.15, -0.1) is 0 Å². The summed E-state index contributed by atoms with van der Waals surface area (Å²) in [6, 6.07) is 18.9. The van der Waals surface area contributed by atoms with Gasteiger partial charge in [-0.3, -0.25) is 9.59 Å². The Morgan fingerprint density at radius 2 is 1.76 bits per heavy atom. The molecule has 2 amide bonds. The lowest BCUT2D eigenvalue weighted by Gasteiger charge is -2.40. The fraction of sp³-hybridized carbons (Fsp3) is 0.259. The van der Waals surface area contributed by atoms with Gasteiger partial charge >= 0.3 is 0 Å². The molecule has 3 aromatic rings. The van der Waals surface area contributed by atoms with Crippen molar-refractivity contribution in [2.24, 2.45) is 0 Å². The zero-order valence-electron chi connectivity index (χ0n) is 18.4. The molecule has 0 bridgehead atoms. The summed E-state index contributed by atoms with van der Waals surface area (Å²) in [6.07, 6.45) is 3.02. The zero-order chi connectivity index (χ0) is 23.2. The van der Waals surface area contributed by atoms with Gasteiger partial charge in [-0.25, -0.2) is 4.39 Å². The highest BCUT2D eigenvalue weighted by Crippen LogP contribution is 2.50. The van der Waals surface area contributed by atoms with Crippen LogP contribution in [-0.4, -0.2) is 34.7 Å².